The van der Waals surface area contributed by atoms with Gasteiger partial charge in [0.1, 0.15) is 6.04 Å². The molecule has 4 nitrogen and oxygen atoms in total. The minimum atomic E-state index is -0.641. The summed E-state index contributed by atoms with van der Waals surface area (Å²) in [6.07, 6.45) is 0.663. The molecule has 1 atom stereocenters. The zero-order valence-corrected chi connectivity index (χ0v) is 20.9. The molecule has 0 aliphatic heterocycles. The van der Waals surface area contributed by atoms with Crippen LogP contribution in [0.15, 0.2) is 78.9 Å². The maximum Gasteiger partial charge on any atom is 0.243 e. The first-order chi connectivity index (χ1) is 16.3. The van der Waals surface area contributed by atoms with Gasteiger partial charge in [-0.3, -0.25) is 9.59 Å². The van der Waals surface area contributed by atoms with Crippen molar-refractivity contribution in [1.29, 1.82) is 0 Å². The maximum atomic E-state index is 13.7. The number of nitrogens with one attached hydrogen (secondary N) is 1. The number of carbonyl (C=O) groups is 2. The van der Waals surface area contributed by atoms with Crippen molar-refractivity contribution in [2.24, 2.45) is 5.92 Å². The van der Waals surface area contributed by atoms with Crippen LogP contribution in [0, 0.1) is 12.8 Å². The fourth-order valence-electron chi connectivity index (χ4n) is 3.91. The molecule has 0 fully saturated rings. The zero-order chi connectivity index (χ0) is 24.5. The van der Waals surface area contributed by atoms with Crippen LogP contribution in [-0.4, -0.2) is 29.3 Å². The van der Waals surface area contributed by atoms with E-state index in [2.05, 4.69) is 19.2 Å². The van der Waals surface area contributed by atoms with E-state index in [0.29, 0.717) is 30.5 Å². The SMILES string of the molecule is Cc1cccc(CC(=O)N(Cc2cccc(Cl)c2)C(Cc2ccccc2)C(=O)NCC(C)C)c1. The predicted octanol–water partition coefficient (Wildman–Crippen LogP) is 5.60. The van der Waals surface area contributed by atoms with Crippen LogP contribution in [-0.2, 0) is 29.0 Å². The highest BCUT2D eigenvalue weighted by molar-refractivity contribution is 6.30. The molecule has 3 aromatic carbocycles. The summed E-state index contributed by atoms with van der Waals surface area (Å²) in [6, 6.07) is 24.6. The Labute approximate surface area is 207 Å². The molecule has 0 saturated carbocycles. The van der Waals surface area contributed by atoms with Crippen LogP contribution in [0.5, 0.6) is 0 Å². The van der Waals surface area contributed by atoms with Gasteiger partial charge in [-0.2, -0.15) is 0 Å². The summed E-state index contributed by atoms with van der Waals surface area (Å²) in [5.74, 6) is 0.0778. The highest BCUT2D eigenvalue weighted by Gasteiger charge is 2.30. The van der Waals surface area contributed by atoms with Crippen LogP contribution in [0.25, 0.3) is 0 Å². The van der Waals surface area contributed by atoms with Crippen molar-refractivity contribution in [2.45, 2.75) is 46.2 Å². The second-order valence-electron chi connectivity index (χ2n) is 9.16. The van der Waals surface area contributed by atoms with Crippen molar-refractivity contribution >= 4 is 23.4 Å². The molecule has 1 N–H and O–H groups in total. The normalized spacial score (nSPS) is 11.8. The summed E-state index contributed by atoms with van der Waals surface area (Å²) in [5.41, 5.74) is 3.93. The van der Waals surface area contributed by atoms with Crippen molar-refractivity contribution in [1.82, 2.24) is 10.2 Å². The summed E-state index contributed by atoms with van der Waals surface area (Å²) < 4.78 is 0. The van der Waals surface area contributed by atoms with Gasteiger partial charge in [0.25, 0.3) is 0 Å². The number of amides is 2. The van der Waals surface area contributed by atoms with Crippen LogP contribution < -0.4 is 5.32 Å². The van der Waals surface area contributed by atoms with Crippen molar-refractivity contribution in [3.8, 4) is 0 Å². The Morgan fingerprint density at radius 2 is 1.56 bits per heavy atom. The Bertz CT molecular complexity index is 1100. The summed E-state index contributed by atoms with van der Waals surface area (Å²) in [5, 5.41) is 3.65. The molecule has 0 bridgehead atoms. The highest BCUT2D eigenvalue weighted by Crippen LogP contribution is 2.19. The first kappa shape index (κ1) is 25.5. The molecule has 0 radical (unpaired) electrons. The first-order valence-corrected chi connectivity index (χ1v) is 12.1. The van der Waals surface area contributed by atoms with Gasteiger partial charge in [-0.25, -0.2) is 0 Å². The molecular weight excluding hydrogens is 444 g/mol. The van der Waals surface area contributed by atoms with Gasteiger partial charge in [-0.05, 0) is 41.7 Å². The number of aryl methyl sites for hydroxylation is 1. The summed E-state index contributed by atoms with van der Waals surface area (Å²) in [7, 11) is 0. The number of rotatable bonds is 10. The van der Waals surface area contributed by atoms with E-state index in [4.69, 9.17) is 11.6 Å². The number of hydrogen-bond donors (Lipinski definition) is 1. The molecule has 34 heavy (non-hydrogen) atoms. The maximum absolute atomic E-state index is 13.7. The molecule has 2 amide bonds. The van der Waals surface area contributed by atoms with E-state index in [1.54, 1.807) is 11.0 Å². The zero-order valence-electron chi connectivity index (χ0n) is 20.1. The van der Waals surface area contributed by atoms with Gasteiger partial charge in [-0.1, -0.05) is 97.7 Å². The largest absolute Gasteiger partial charge is 0.354 e. The molecule has 0 spiro atoms. The topological polar surface area (TPSA) is 49.4 Å². The van der Waals surface area contributed by atoms with Crippen molar-refractivity contribution < 1.29 is 9.59 Å². The Balaban J connectivity index is 1.96. The Morgan fingerprint density at radius 1 is 0.882 bits per heavy atom. The number of nitrogens with zero attached hydrogens (tertiary/aromatic N) is 1. The smallest absolute Gasteiger partial charge is 0.243 e. The van der Waals surface area contributed by atoms with Crippen LogP contribution in [0.3, 0.4) is 0 Å². The van der Waals surface area contributed by atoms with Gasteiger partial charge in [0.05, 0.1) is 6.42 Å². The average Bonchev–Trinajstić information content (AvgIpc) is 2.80. The molecule has 3 rings (SSSR count). The van der Waals surface area contributed by atoms with Crippen LogP contribution in [0.2, 0.25) is 5.02 Å². The predicted molar refractivity (Wildman–Crippen MR) is 139 cm³/mol. The minimum absolute atomic E-state index is 0.0915. The Kier molecular flexibility index (Phi) is 9.29. The van der Waals surface area contributed by atoms with Gasteiger partial charge in [0.2, 0.25) is 11.8 Å². The van der Waals surface area contributed by atoms with E-state index in [1.165, 1.54) is 0 Å². The van der Waals surface area contributed by atoms with Crippen molar-refractivity contribution in [3.05, 3.63) is 106 Å². The molecule has 0 saturated heterocycles. The summed E-state index contributed by atoms with van der Waals surface area (Å²) in [6.45, 7) is 6.98. The lowest BCUT2D eigenvalue weighted by Crippen LogP contribution is -2.51. The molecule has 3 aromatic rings. The van der Waals surface area contributed by atoms with Gasteiger partial charge in [0, 0.05) is 24.5 Å². The van der Waals surface area contributed by atoms with Crippen LogP contribution in [0.1, 0.15) is 36.1 Å². The van der Waals surface area contributed by atoms with Gasteiger partial charge in [0.15, 0.2) is 0 Å². The third-order valence-electron chi connectivity index (χ3n) is 5.64. The molecule has 178 valence electrons. The third kappa shape index (κ3) is 7.74. The molecule has 0 aromatic heterocycles. The Hall–Kier alpha value is -3.11. The quantitative estimate of drug-likeness (QED) is 0.414. The van der Waals surface area contributed by atoms with Crippen molar-refractivity contribution in [2.75, 3.05) is 6.54 Å². The van der Waals surface area contributed by atoms with E-state index in [1.807, 2.05) is 79.7 Å². The second-order valence-corrected chi connectivity index (χ2v) is 9.60. The van der Waals surface area contributed by atoms with Crippen LogP contribution >= 0.6 is 11.6 Å². The lowest BCUT2D eigenvalue weighted by atomic mass is 10.0. The van der Waals surface area contributed by atoms with Gasteiger partial charge in [-0.15, -0.1) is 0 Å². The van der Waals surface area contributed by atoms with E-state index < -0.39 is 6.04 Å². The third-order valence-corrected chi connectivity index (χ3v) is 5.87. The Morgan fingerprint density at radius 3 is 2.24 bits per heavy atom. The molecule has 0 heterocycles. The van der Waals surface area contributed by atoms with Crippen LogP contribution in [0.4, 0.5) is 0 Å². The van der Waals surface area contributed by atoms with E-state index in [-0.39, 0.29) is 18.2 Å². The second kappa shape index (κ2) is 12.4. The molecule has 5 heteroatoms. The summed E-state index contributed by atoms with van der Waals surface area (Å²) in [4.78, 5) is 28.8. The number of carbonyl (C=O) groups excluding carboxylic acids is 2. The van der Waals surface area contributed by atoms with E-state index in [0.717, 1.165) is 22.3 Å². The standard InChI is InChI=1S/C29H33ClN2O2/c1-21(2)19-31-29(34)27(17-23-10-5-4-6-11-23)32(20-25-13-8-14-26(30)16-25)28(33)18-24-12-7-9-22(3)15-24/h4-16,21,27H,17-20H2,1-3H3,(H,31,34). The first-order valence-electron chi connectivity index (χ1n) is 11.7. The molecule has 0 aliphatic rings. The van der Waals surface area contributed by atoms with E-state index in [9.17, 15) is 9.59 Å². The fourth-order valence-corrected chi connectivity index (χ4v) is 4.12. The van der Waals surface area contributed by atoms with Gasteiger partial charge < -0.3 is 10.2 Å². The van der Waals surface area contributed by atoms with Gasteiger partial charge >= 0.3 is 0 Å². The number of halogens is 1. The van der Waals surface area contributed by atoms with Crippen molar-refractivity contribution in [3.63, 3.8) is 0 Å². The molecule has 0 aliphatic carbocycles. The molecular formula is C29H33ClN2O2. The highest BCUT2D eigenvalue weighted by atomic mass is 35.5. The lowest BCUT2D eigenvalue weighted by molar-refractivity contribution is -0.140. The average molecular weight is 477 g/mol. The minimum Gasteiger partial charge on any atom is -0.354 e. The molecule has 1 unspecified atom stereocenters. The fraction of sp³-hybridized carbons (Fsp3) is 0.310. The van der Waals surface area contributed by atoms with E-state index >= 15 is 0 Å². The summed E-state index contributed by atoms with van der Waals surface area (Å²) >= 11 is 6.23. The lowest BCUT2D eigenvalue weighted by Gasteiger charge is -2.32. The monoisotopic (exact) mass is 476 g/mol. The number of hydrogen-bond acceptors (Lipinski definition) is 2. The number of benzene rings is 3.